The second kappa shape index (κ2) is 11.3. The number of ether oxygens (including phenoxy) is 1. The Kier molecular flexibility index (Phi) is 7.94. The molecule has 1 atom stereocenters. The Bertz CT molecular complexity index is 1450. The molecular weight excluding hydrogens is 484 g/mol. The van der Waals surface area contributed by atoms with Gasteiger partial charge in [-0.3, -0.25) is 9.10 Å². The number of rotatable bonds is 9. The van der Waals surface area contributed by atoms with Crippen molar-refractivity contribution in [2.45, 2.75) is 31.3 Å². The number of para-hydroxylation sites is 1. The Labute approximate surface area is 218 Å². The minimum Gasteiger partial charge on any atom is -0.497 e. The predicted octanol–water partition coefficient (Wildman–Crippen LogP) is 5.89. The molecule has 0 aliphatic carbocycles. The van der Waals surface area contributed by atoms with Gasteiger partial charge in [-0.2, -0.15) is 0 Å². The van der Waals surface area contributed by atoms with E-state index in [0.29, 0.717) is 11.4 Å². The Balaban J connectivity index is 1.73. The van der Waals surface area contributed by atoms with Gasteiger partial charge in [0.05, 0.1) is 35.8 Å². The summed E-state index contributed by atoms with van der Waals surface area (Å²) in [5.74, 6) is 0.199. The Morgan fingerprint density at radius 1 is 0.865 bits per heavy atom. The number of anilines is 1. The van der Waals surface area contributed by atoms with Crippen molar-refractivity contribution in [2.24, 2.45) is 0 Å². The van der Waals surface area contributed by atoms with Crippen molar-refractivity contribution < 1.29 is 17.9 Å². The molecule has 0 saturated heterocycles. The summed E-state index contributed by atoms with van der Waals surface area (Å²) in [6.07, 6.45) is 0. The molecule has 1 amide bonds. The van der Waals surface area contributed by atoms with Crippen molar-refractivity contribution in [1.82, 2.24) is 5.32 Å². The zero-order chi connectivity index (χ0) is 26.4. The highest BCUT2D eigenvalue weighted by atomic mass is 32.2. The summed E-state index contributed by atoms with van der Waals surface area (Å²) in [6.45, 7) is 3.97. The van der Waals surface area contributed by atoms with E-state index >= 15 is 0 Å². The van der Waals surface area contributed by atoms with Crippen LogP contribution in [0.5, 0.6) is 5.75 Å². The first kappa shape index (κ1) is 26.0. The van der Waals surface area contributed by atoms with Crippen LogP contribution in [0.25, 0.3) is 0 Å². The Morgan fingerprint density at radius 2 is 1.49 bits per heavy atom. The van der Waals surface area contributed by atoms with Gasteiger partial charge in [-0.25, -0.2) is 8.42 Å². The minimum absolute atomic E-state index is 0.0625. The molecule has 0 bridgehead atoms. The van der Waals surface area contributed by atoms with Crippen molar-refractivity contribution in [1.29, 1.82) is 0 Å². The molecule has 4 rings (SSSR count). The second-order valence-corrected chi connectivity index (χ2v) is 10.7. The number of carbonyl (C=O) groups is 1. The van der Waals surface area contributed by atoms with Crippen molar-refractivity contribution >= 4 is 21.6 Å². The second-order valence-electron chi connectivity index (χ2n) is 8.80. The molecule has 0 spiro atoms. The number of methoxy groups -OCH3 is 1. The number of benzene rings is 4. The fraction of sp³-hybridized carbons (Fsp3) is 0.167. The summed E-state index contributed by atoms with van der Waals surface area (Å²) in [6, 6.07) is 30.0. The summed E-state index contributed by atoms with van der Waals surface area (Å²) in [5.41, 5.74) is 3.46. The highest BCUT2D eigenvalue weighted by Gasteiger charge is 2.29. The van der Waals surface area contributed by atoms with Gasteiger partial charge in [0, 0.05) is 0 Å². The normalized spacial score (nSPS) is 12.0. The van der Waals surface area contributed by atoms with Crippen LogP contribution in [-0.4, -0.2) is 21.4 Å². The van der Waals surface area contributed by atoms with Crippen molar-refractivity contribution in [3.05, 3.63) is 125 Å². The van der Waals surface area contributed by atoms with E-state index in [1.165, 1.54) is 23.5 Å². The summed E-state index contributed by atoms with van der Waals surface area (Å²) in [4.78, 5) is 13.6. The summed E-state index contributed by atoms with van der Waals surface area (Å²) in [7, 11) is -2.50. The van der Waals surface area contributed by atoms with E-state index in [2.05, 4.69) is 5.32 Å². The molecule has 0 radical (unpaired) electrons. The molecule has 190 valence electrons. The first-order valence-electron chi connectivity index (χ1n) is 12.0. The number of nitrogens with one attached hydrogen (secondary N) is 1. The van der Waals surface area contributed by atoms with Gasteiger partial charge in [0.2, 0.25) is 0 Å². The number of sulfonamides is 1. The van der Waals surface area contributed by atoms with Crippen molar-refractivity contribution in [3.8, 4) is 5.75 Å². The van der Waals surface area contributed by atoms with Gasteiger partial charge < -0.3 is 10.1 Å². The van der Waals surface area contributed by atoms with E-state index in [-0.39, 0.29) is 29.0 Å². The lowest BCUT2D eigenvalue weighted by Crippen LogP contribution is -2.34. The van der Waals surface area contributed by atoms with E-state index in [1.54, 1.807) is 36.4 Å². The van der Waals surface area contributed by atoms with Crippen LogP contribution in [0.4, 0.5) is 5.69 Å². The highest BCUT2D eigenvalue weighted by molar-refractivity contribution is 7.92. The Morgan fingerprint density at radius 3 is 2.14 bits per heavy atom. The molecule has 4 aromatic carbocycles. The van der Waals surface area contributed by atoms with Crippen molar-refractivity contribution in [3.63, 3.8) is 0 Å². The first-order valence-corrected chi connectivity index (χ1v) is 13.4. The first-order chi connectivity index (χ1) is 17.8. The summed E-state index contributed by atoms with van der Waals surface area (Å²) < 4.78 is 34.4. The van der Waals surface area contributed by atoms with Crippen LogP contribution in [0.3, 0.4) is 0 Å². The number of nitrogens with zero attached hydrogens (tertiary/aromatic N) is 1. The maximum atomic E-state index is 13.9. The average molecular weight is 515 g/mol. The summed E-state index contributed by atoms with van der Waals surface area (Å²) in [5, 5.41) is 3.02. The van der Waals surface area contributed by atoms with Gasteiger partial charge in [0.1, 0.15) is 5.75 Å². The molecule has 37 heavy (non-hydrogen) atoms. The maximum Gasteiger partial charge on any atom is 0.264 e. The van der Waals surface area contributed by atoms with E-state index in [9.17, 15) is 13.2 Å². The average Bonchev–Trinajstić information content (AvgIpc) is 2.92. The summed E-state index contributed by atoms with van der Waals surface area (Å²) >= 11 is 0. The zero-order valence-corrected chi connectivity index (χ0v) is 21.9. The Hall–Kier alpha value is -4.10. The van der Waals surface area contributed by atoms with E-state index < -0.39 is 10.0 Å². The fourth-order valence-corrected chi connectivity index (χ4v) is 5.49. The third-order valence-electron chi connectivity index (χ3n) is 6.16. The minimum atomic E-state index is -4.02. The molecule has 0 fully saturated rings. The molecule has 6 nitrogen and oxygen atoms in total. The molecule has 0 heterocycles. The third kappa shape index (κ3) is 6.01. The van der Waals surface area contributed by atoms with Gasteiger partial charge in [0.15, 0.2) is 0 Å². The van der Waals surface area contributed by atoms with Crippen LogP contribution >= 0.6 is 0 Å². The number of carbonyl (C=O) groups excluding carboxylic acids is 1. The lowest BCUT2D eigenvalue weighted by atomic mass is 10.1. The molecule has 0 aliphatic rings. The number of amides is 1. The SMILES string of the molecule is COc1ccc(S(=O)(=O)N(Cc2ccccc2)c2ccccc2C(=O)NC(C)c2ccc(C)cc2)cc1. The predicted molar refractivity (Wildman–Crippen MR) is 146 cm³/mol. The smallest absolute Gasteiger partial charge is 0.264 e. The van der Waals surface area contributed by atoms with Crippen molar-refractivity contribution in [2.75, 3.05) is 11.4 Å². The van der Waals surface area contributed by atoms with Gasteiger partial charge in [-0.05, 0) is 61.4 Å². The lowest BCUT2D eigenvalue weighted by molar-refractivity contribution is 0.0940. The topological polar surface area (TPSA) is 75.7 Å². The lowest BCUT2D eigenvalue weighted by Gasteiger charge is -2.27. The highest BCUT2D eigenvalue weighted by Crippen LogP contribution is 2.30. The zero-order valence-electron chi connectivity index (χ0n) is 21.1. The quantitative estimate of drug-likeness (QED) is 0.302. The van der Waals surface area contributed by atoms with E-state index in [1.807, 2.05) is 68.4 Å². The van der Waals surface area contributed by atoms with Crippen LogP contribution in [0.1, 0.15) is 40.0 Å². The molecule has 0 aromatic heterocycles. The van der Waals surface area contributed by atoms with Crippen LogP contribution in [-0.2, 0) is 16.6 Å². The van der Waals surface area contributed by atoms with Gasteiger partial charge in [-0.15, -0.1) is 0 Å². The van der Waals surface area contributed by atoms with Crippen LogP contribution in [0, 0.1) is 6.92 Å². The largest absolute Gasteiger partial charge is 0.497 e. The third-order valence-corrected chi connectivity index (χ3v) is 7.93. The van der Waals surface area contributed by atoms with Gasteiger partial charge in [-0.1, -0.05) is 72.3 Å². The number of aryl methyl sites for hydroxylation is 1. The van der Waals surface area contributed by atoms with Gasteiger partial charge >= 0.3 is 0 Å². The molecule has 1 N–H and O–H groups in total. The number of hydrogen-bond acceptors (Lipinski definition) is 4. The van der Waals surface area contributed by atoms with E-state index in [0.717, 1.165) is 16.7 Å². The number of hydrogen-bond donors (Lipinski definition) is 1. The molecule has 0 saturated carbocycles. The molecular formula is C30H30N2O4S. The van der Waals surface area contributed by atoms with E-state index in [4.69, 9.17) is 4.74 Å². The fourth-order valence-electron chi connectivity index (χ4n) is 4.02. The maximum absolute atomic E-state index is 13.9. The monoisotopic (exact) mass is 514 g/mol. The molecule has 4 aromatic rings. The van der Waals surface area contributed by atoms with Crippen LogP contribution in [0.15, 0.2) is 108 Å². The molecule has 7 heteroatoms. The van der Waals surface area contributed by atoms with Crippen LogP contribution in [0.2, 0.25) is 0 Å². The van der Waals surface area contributed by atoms with Crippen LogP contribution < -0.4 is 14.4 Å². The molecule has 0 aliphatic heterocycles. The van der Waals surface area contributed by atoms with Gasteiger partial charge in [0.25, 0.3) is 15.9 Å². The molecule has 1 unspecified atom stereocenters. The standard InChI is InChI=1S/C30H30N2O4S/c1-22-13-15-25(16-14-22)23(2)31-30(33)28-11-7-8-12-29(28)32(21-24-9-5-4-6-10-24)37(34,35)27-19-17-26(36-3)18-20-27/h4-20,23H,21H2,1-3H3,(H,31,33).